The van der Waals surface area contributed by atoms with Crippen molar-refractivity contribution >= 4 is 12.1 Å². The summed E-state index contributed by atoms with van der Waals surface area (Å²) in [6, 6.07) is 0. The lowest BCUT2D eigenvalue weighted by molar-refractivity contribution is -0.137. The second-order valence-electron chi connectivity index (χ2n) is 14.7. The van der Waals surface area contributed by atoms with Gasteiger partial charge in [0.1, 0.15) is 6.10 Å². The van der Waals surface area contributed by atoms with Gasteiger partial charge in [-0.2, -0.15) is 0 Å². The first-order valence-corrected chi connectivity index (χ1v) is 16.4. The Morgan fingerprint density at radius 1 is 1.00 bits per heavy atom. The number of ether oxygens (including phenoxy) is 1. The fourth-order valence-electron chi connectivity index (χ4n) is 9.71. The normalized spacial score (nSPS) is 36.4. The van der Waals surface area contributed by atoms with Crippen LogP contribution < -0.4 is 5.32 Å². The summed E-state index contributed by atoms with van der Waals surface area (Å²) in [5.41, 5.74) is 2.35. The predicted molar refractivity (Wildman–Crippen MR) is 157 cm³/mol. The summed E-state index contributed by atoms with van der Waals surface area (Å²) in [5.74, 6) is 4.29. The molecule has 2 N–H and O–H groups in total. The third-order valence-electron chi connectivity index (χ3n) is 11.9. The van der Waals surface area contributed by atoms with Crippen LogP contribution in [0.1, 0.15) is 131 Å². The van der Waals surface area contributed by atoms with Crippen LogP contribution in [-0.4, -0.2) is 29.8 Å². The molecular weight excluding hydrogens is 486 g/mol. The minimum Gasteiger partial charge on any atom is -0.481 e. The summed E-state index contributed by atoms with van der Waals surface area (Å²) >= 11 is 0. The first-order valence-electron chi connectivity index (χ1n) is 16.4. The van der Waals surface area contributed by atoms with Gasteiger partial charge in [-0.05, 0) is 104 Å². The van der Waals surface area contributed by atoms with Crippen LogP contribution in [0.15, 0.2) is 11.6 Å². The molecule has 0 heterocycles. The van der Waals surface area contributed by atoms with Gasteiger partial charge in [0.05, 0.1) is 0 Å². The number of carboxylic acid groups (broad SMARTS) is 1. The van der Waals surface area contributed by atoms with E-state index in [1.165, 1.54) is 51.4 Å². The van der Waals surface area contributed by atoms with Gasteiger partial charge in [0.25, 0.3) is 0 Å². The van der Waals surface area contributed by atoms with Gasteiger partial charge in [0.2, 0.25) is 0 Å². The van der Waals surface area contributed by atoms with Gasteiger partial charge in [-0.25, -0.2) is 4.79 Å². The fraction of sp³-hybridized carbons (Fsp3) is 0.882. The van der Waals surface area contributed by atoms with Crippen LogP contribution in [-0.2, 0) is 9.53 Å². The number of carboxylic acids is 1. The van der Waals surface area contributed by atoms with Crippen molar-refractivity contribution in [2.24, 2.45) is 46.3 Å². The van der Waals surface area contributed by atoms with E-state index < -0.39 is 5.97 Å². The number of allylic oxidation sites excluding steroid dienone is 1. The minimum atomic E-state index is -0.758. The van der Waals surface area contributed by atoms with Crippen molar-refractivity contribution < 1.29 is 19.4 Å². The third-order valence-corrected chi connectivity index (χ3v) is 11.9. The molecule has 0 spiro atoms. The van der Waals surface area contributed by atoms with Crippen LogP contribution in [0.5, 0.6) is 0 Å². The maximum atomic E-state index is 12.4. The van der Waals surface area contributed by atoms with Crippen LogP contribution in [0.3, 0.4) is 0 Å². The molecule has 0 aromatic carbocycles. The van der Waals surface area contributed by atoms with Gasteiger partial charge in [-0.3, -0.25) is 4.79 Å². The third kappa shape index (κ3) is 6.87. The lowest BCUT2D eigenvalue weighted by Crippen LogP contribution is -2.51. The van der Waals surface area contributed by atoms with E-state index in [-0.39, 0.29) is 24.0 Å². The number of amides is 1. The molecule has 0 aromatic heterocycles. The topological polar surface area (TPSA) is 75.6 Å². The first kappa shape index (κ1) is 30.4. The van der Waals surface area contributed by atoms with Crippen molar-refractivity contribution in [3.05, 3.63) is 11.6 Å². The first-order chi connectivity index (χ1) is 18.5. The fourth-order valence-corrected chi connectivity index (χ4v) is 9.71. The van der Waals surface area contributed by atoms with Gasteiger partial charge >= 0.3 is 12.1 Å². The Balaban J connectivity index is 1.30. The molecule has 8 atom stereocenters. The Morgan fingerprint density at radius 3 is 2.54 bits per heavy atom. The van der Waals surface area contributed by atoms with Crippen LogP contribution >= 0.6 is 0 Å². The molecule has 222 valence electrons. The van der Waals surface area contributed by atoms with Crippen LogP contribution in [0, 0.1) is 46.3 Å². The number of hydrogen-bond donors (Lipinski definition) is 2. The number of aliphatic carboxylic acids is 1. The SMILES string of the molecule is CC(C)CCCC(C)C1CCC2C3CC=C4CC(OC(=O)NCCCCCC(=O)O)CCC4(C)C3CCC12C. The van der Waals surface area contributed by atoms with E-state index >= 15 is 0 Å². The van der Waals surface area contributed by atoms with E-state index in [4.69, 9.17) is 9.84 Å². The Hall–Kier alpha value is -1.52. The van der Waals surface area contributed by atoms with Crippen LogP contribution in [0.25, 0.3) is 0 Å². The molecule has 4 rings (SSSR count). The number of fused-ring (bicyclic) bond motifs is 5. The van der Waals surface area contributed by atoms with Crippen LogP contribution in [0.2, 0.25) is 0 Å². The molecule has 3 fully saturated rings. The summed E-state index contributed by atoms with van der Waals surface area (Å²) in [6.07, 6.45) is 18.7. The second-order valence-corrected chi connectivity index (χ2v) is 14.7. The highest BCUT2D eigenvalue weighted by molar-refractivity contribution is 5.67. The predicted octanol–water partition coefficient (Wildman–Crippen LogP) is 8.77. The lowest BCUT2D eigenvalue weighted by Gasteiger charge is -2.58. The zero-order chi connectivity index (χ0) is 28.2. The molecule has 5 heteroatoms. The van der Waals surface area contributed by atoms with Crippen LogP contribution in [0.4, 0.5) is 4.79 Å². The monoisotopic (exact) mass is 543 g/mol. The second kappa shape index (κ2) is 13.0. The van der Waals surface area contributed by atoms with Crippen molar-refractivity contribution in [1.82, 2.24) is 5.32 Å². The number of alkyl carbamates (subject to hydrolysis) is 1. The molecule has 0 aliphatic heterocycles. The zero-order valence-electron chi connectivity index (χ0n) is 25.6. The van der Waals surface area contributed by atoms with E-state index in [0.29, 0.717) is 18.4 Å². The minimum absolute atomic E-state index is 0.0238. The summed E-state index contributed by atoms with van der Waals surface area (Å²) < 4.78 is 5.85. The smallest absolute Gasteiger partial charge is 0.407 e. The molecule has 0 bridgehead atoms. The van der Waals surface area contributed by atoms with Gasteiger partial charge in [0, 0.05) is 19.4 Å². The molecule has 4 aliphatic carbocycles. The lowest BCUT2D eigenvalue weighted by atomic mass is 9.47. The summed E-state index contributed by atoms with van der Waals surface area (Å²) in [4.78, 5) is 23.0. The number of carbonyl (C=O) groups excluding carboxylic acids is 1. The highest BCUT2D eigenvalue weighted by Crippen LogP contribution is 2.67. The van der Waals surface area contributed by atoms with Gasteiger partial charge in [-0.1, -0.05) is 72.0 Å². The number of carbonyl (C=O) groups is 2. The van der Waals surface area contributed by atoms with E-state index in [1.54, 1.807) is 5.57 Å². The molecule has 0 radical (unpaired) electrons. The maximum absolute atomic E-state index is 12.4. The van der Waals surface area contributed by atoms with Gasteiger partial charge in [0.15, 0.2) is 0 Å². The molecule has 3 saturated carbocycles. The molecule has 0 saturated heterocycles. The van der Waals surface area contributed by atoms with Crippen molar-refractivity contribution in [1.29, 1.82) is 0 Å². The zero-order valence-corrected chi connectivity index (χ0v) is 25.6. The Labute approximate surface area is 238 Å². The maximum Gasteiger partial charge on any atom is 0.407 e. The highest BCUT2D eigenvalue weighted by Gasteiger charge is 2.59. The molecule has 1 amide bonds. The molecule has 39 heavy (non-hydrogen) atoms. The molecule has 0 aromatic rings. The van der Waals surface area contributed by atoms with Gasteiger partial charge in [-0.15, -0.1) is 0 Å². The van der Waals surface area contributed by atoms with E-state index in [1.807, 2.05) is 0 Å². The van der Waals surface area contributed by atoms with Crippen molar-refractivity contribution in [2.45, 2.75) is 137 Å². The Kier molecular flexibility index (Phi) is 10.1. The quantitative estimate of drug-likeness (QED) is 0.190. The number of hydrogen-bond acceptors (Lipinski definition) is 3. The Morgan fingerprint density at radius 2 is 1.79 bits per heavy atom. The van der Waals surface area contributed by atoms with Gasteiger partial charge < -0.3 is 15.2 Å². The average Bonchev–Trinajstić information content (AvgIpc) is 3.23. The molecule has 4 aliphatic rings. The van der Waals surface area contributed by atoms with E-state index in [9.17, 15) is 9.59 Å². The average molecular weight is 544 g/mol. The standard InChI is InChI=1S/C34H57NO4/c1-23(2)10-9-11-24(3)28-15-16-29-27-14-13-25-22-26(39-32(38)35-21-8-6-7-12-31(36)37)17-19-33(25,4)30(27)18-20-34(28,29)5/h13,23-24,26-30H,6-12,14-22H2,1-5H3,(H,35,38)(H,36,37). The van der Waals surface area contributed by atoms with E-state index in [0.717, 1.165) is 67.6 Å². The number of unbranched alkanes of at least 4 members (excludes halogenated alkanes) is 2. The summed E-state index contributed by atoms with van der Waals surface area (Å²) in [6.45, 7) is 13.0. The highest BCUT2D eigenvalue weighted by atomic mass is 16.6. The number of nitrogens with one attached hydrogen (secondary N) is 1. The largest absolute Gasteiger partial charge is 0.481 e. The number of rotatable bonds is 12. The van der Waals surface area contributed by atoms with E-state index in [2.05, 4.69) is 46.0 Å². The molecular formula is C34H57NO4. The summed E-state index contributed by atoms with van der Waals surface area (Å²) in [5, 5.41) is 11.6. The summed E-state index contributed by atoms with van der Waals surface area (Å²) in [7, 11) is 0. The molecule has 8 unspecified atom stereocenters. The van der Waals surface area contributed by atoms with Crippen molar-refractivity contribution in [2.75, 3.05) is 6.54 Å². The Bertz CT molecular complexity index is 882. The van der Waals surface area contributed by atoms with Crippen molar-refractivity contribution in [3.63, 3.8) is 0 Å². The molecule has 5 nitrogen and oxygen atoms in total. The van der Waals surface area contributed by atoms with Crippen molar-refractivity contribution in [3.8, 4) is 0 Å².